The van der Waals surface area contributed by atoms with Gasteiger partial charge in [0.25, 0.3) is 0 Å². The van der Waals surface area contributed by atoms with E-state index in [0.717, 1.165) is 30.9 Å². The minimum absolute atomic E-state index is 0.0816. The van der Waals surface area contributed by atoms with Crippen molar-refractivity contribution in [1.82, 2.24) is 10.2 Å². The number of nitrogens with zero attached hydrogens (tertiary/aromatic N) is 2. The number of benzene rings is 1. The first kappa shape index (κ1) is 16.6. The van der Waals surface area contributed by atoms with Crippen LogP contribution in [0.5, 0.6) is 5.75 Å². The molecule has 3 amide bonds. The van der Waals surface area contributed by atoms with Gasteiger partial charge in [0.1, 0.15) is 12.3 Å². The summed E-state index contributed by atoms with van der Waals surface area (Å²) in [6.45, 7) is 2.48. The van der Waals surface area contributed by atoms with Gasteiger partial charge in [-0.3, -0.25) is 9.69 Å². The molecule has 1 atom stereocenters. The van der Waals surface area contributed by atoms with Crippen LogP contribution < -0.4 is 15.0 Å². The molecular formula is C17H23N3O4. The second kappa shape index (κ2) is 7.53. The first-order valence-corrected chi connectivity index (χ1v) is 8.26. The Labute approximate surface area is 141 Å². The van der Waals surface area contributed by atoms with Gasteiger partial charge in [-0.2, -0.15) is 0 Å². The summed E-state index contributed by atoms with van der Waals surface area (Å²) in [6, 6.07) is 7.18. The molecule has 2 saturated heterocycles. The summed E-state index contributed by atoms with van der Waals surface area (Å²) >= 11 is 0. The summed E-state index contributed by atoms with van der Waals surface area (Å²) in [5.74, 6) is 0.603. The van der Waals surface area contributed by atoms with E-state index in [9.17, 15) is 9.59 Å². The van der Waals surface area contributed by atoms with Crippen LogP contribution in [0.4, 0.5) is 10.5 Å². The Kier molecular flexibility index (Phi) is 5.20. The highest BCUT2D eigenvalue weighted by atomic mass is 16.5. The number of rotatable bonds is 6. The number of hydrogen-bond donors (Lipinski definition) is 1. The van der Waals surface area contributed by atoms with Crippen LogP contribution in [0, 0.1) is 0 Å². The van der Waals surface area contributed by atoms with E-state index in [1.165, 1.54) is 0 Å². The minimum Gasteiger partial charge on any atom is -0.497 e. The van der Waals surface area contributed by atoms with E-state index >= 15 is 0 Å². The van der Waals surface area contributed by atoms with Gasteiger partial charge in [-0.25, -0.2) is 4.79 Å². The highest BCUT2D eigenvalue weighted by Crippen LogP contribution is 2.23. The molecule has 2 heterocycles. The number of ether oxygens (including phenoxy) is 2. The van der Waals surface area contributed by atoms with Gasteiger partial charge in [-0.15, -0.1) is 0 Å². The largest absolute Gasteiger partial charge is 0.497 e. The first-order chi connectivity index (χ1) is 11.7. The van der Waals surface area contributed by atoms with Crippen LogP contribution in [0.15, 0.2) is 24.3 Å². The summed E-state index contributed by atoms with van der Waals surface area (Å²) in [5, 5.41) is 2.85. The molecule has 2 aliphatic rings. The number of carbonyl (C=O) groups excluding carboxylic acids is 2. The molecule has 1 N–H and O–H groups in total. The number of amides is 3. The van der Waals surface area contributed by atoms with Gasteiger partial charge in [-0.1, -0.05) is 0 Å². The third-order valence-corrected chi connectivity index (χ3v) is 4.36. The number of carbonyl (C=O) groups is 2. The second-order valence-corrected chi connectivity index (χ2v) is 5.99. The second-order valence-electron chi connectivity index (χ2n) is 5.99. The molecule has 2 aliphatic heterocycles. The maximum Gasteiger partial charge on any atom is 0.325 e. The highest BCUT2D eigenvalue weighted by molar-refractivity contribution is 5.96. The molecule has 7 nitrogen and oxygen atoms in total. The Morgan fingerprint density at radius 2 is 2.12 bits per heavy atom. The fourth-order valence-electron chi connectivity index (χ4n) is 2.99. The first-order valence-electron chi connectivity index (χ1n) is 8.26. The number of anilines is 1. The summed E-state index contributed by atoms with van der Waals surface area (Å²) in [4.78, 5) is 27.7. The lowest BCUT2D eigenvalue weighted by Crippen LogP contribution is -2.42. The highest BCUT2D eigenvalue weighted by Gasteiger charge is 2.31. The number of hydrogen-bond acceptors (Lipinski definition) is 4. The van der Waals surface area contributed by atoms with E-state index in [-0.39, 0.29) is 24.6 Å². The molecule has 1 aromatic rings. The zero-order valence-electron chi connectivity index (χ0n) is 13.9. The van der Waals surface area contributed by atoms with Gasteiger partial charge in [0.05, 0.1) is 13.2 Å². The quantitative estimate of drug-likeness (QED) is 0.850. The SMILES string of the molecule is COc1ccc(N2CCN(CC(=O)NCC3CCCO3)C2=O)cc1. The summed E-state index contributed by atoms with van der Waals surface area (Å²) in [7, 11) is 1.60. The standard InChI is InChI=1S/C17H23N3O4/c1-23-14-6-4-13(5-7-14)20-9-8-19(17(20)22)12-16(21)18-11-15-3-2-10-24-15/h4-7,15H,2-3,8-12H2,1H3,(H,18,21). The monoisotopic (exact) mass is 333 g/mol. The van der Waals surface area contributed by atoms with Crippen LogP contribution >= 0.6 is 0 Å². The van der Waals surface area contributed by atoms with Crippen LogP contribution in [0.2, 0.25) is 0 Å². The molecule has 0 aromatic heterocycles. The predicted molar refractivity (Wildman–Crippen MR) is 89.3 cm³/mol. The van der Waals surface area contributed by atoms with E-state index in [2.05, 4.69) is 5.32 Å². The fourth-order valence-corrected chi connectivity index (χ4v) is 2.99. The third kappa shape index (κ3) is 3.79. The van der Waals surface area contributed by atoms with E-state index in [1.807, 2.05) is 24.3 Å². The summed E-state index contributed by atoms with van der Waals surface area (Å²) in [6.07, 6.45) is 2.13. The average molecular weight is 333 g/mol. The van der Waals surface area contributed by atoms with Crippen molar-refractivity contribution >= 4 is 17.6 Å². The van der Waals surface area contributed by atoms with Crippen molar-refractivity contribution in [2.24, 2.45) is 0 Å². The molecule has 7 heteroatoms. The molecule has 1 unspecified atom stereocenters. The van der Waals surface area contributed by atoms with Gasteiger partial charge in [-0.05, 0) is 37.1 Å². The Morgan fingerprint density at radius 1 is 1.33 bits per heavy atom. The van der Waals surface area contributed by atoms with Crippen LogP contribution in [0.3, 0.4) is 0 Å². The molecule has 0 bridgehead atoms. The zero-order valence-corrected chi connectivity index (χ0v) is 13.9. The number of urea groups is 1. The van der Waals surface area contributed by atoms with Gasteiger partial charge in [0.15, 0.2) is 0 Å². The lowest BCUT2D eigenvalue weighted by atomic mass is 10.2. The van der Waals surface area contributed by atoms with E-state index in [0.29, 0.717) is 19.6 Å². The Balaban J connectivity index is 1.50. The Hall–Kier alpha value is -2.28. The van der Waals surface area contributed by atoms with Crippen molar-refractivity contribution in [2.45, 2.75) is 18.9 Å². The van der Waals surface area contributed by atoms with Crippen LogP contribution in [0.25, 0.3) is 0 Å². The van der Waals surface area contributed by atoms with E-state index in [4.69, 9.17) is 9.47 Å². The molecule has 0 spiro atoms. The van der Waals surface area contributed by atoms with Crippen LogP contribution in [-0.4, -0.2) is 62.8 Å². The van der Waals surface area contributed by atoms with Crippen molar-refractivity contribution in [3.63, 3.8) is 0 Å². The Morgan fingerprint density at radius 3 is 2.79 bits per heavy atom. The molecule has 1 aromatic carbocycles. The maximum atomic E-state index is 12.5. The van der Waals surface area contributed by atoms with Crippen molar-refractivity contribution in [2.75, 3.05) is 44.8 Å². The Bertz CT molecular complexity index is 584. The summed E-state index contributed by atoms with van der Waals surface area (Å²) < 4.78 is 10.6. The van der Waals surface area contributed by atoms with Gasteiger partial charge < -0.3 is 19.7 Å². The molecule has 3 rings (SSSR count). The normalized spacial score (nSPS) is 20.5. The van der Waals surface area contributed by atoms with Crippen molar-refractivity contribution in [3.8, 4) is 5.75 Å². The summed E-state index contributed by atoms with van der Waals surface area (Å²) in [5.41, 5.74) is 0.808. The molecule has 130 valence electrons. The molecular weight excluding hydrogens is 310 g/mol. The molecule has 0 saturated carbocycles. The molecule has 0 aliphatic carbocycles. The predicted octanol–water partition coefficient (Wildman–Crippen LogP) is 1.23. The van der Waals surface area contributed by atoms with Crippen LogP contribution in [-0.2, 0) is 9.53 Å². The fraction of sp³-hybridized carbons (Fsp3) is 0.529. The number of methoxy groups -OCH3 is 1. The smallest absolute Gasteiger partial charge is 0.325 e. The molecule has 2 fully saturated rings. The maximum absolute atomic E-state index is 12.5. The van der Waals surface area contributed by atoms with E-state index in [1.54, 1.807) is 16.9 Å². The minimum atomic E-state index is -0.146. The lowest BCUT2D eigenvalue weighted by molar-refractivity contribution is -0.122. The van der Waals surface area contributed by atoms with Gasteiger partial charge in [0, 0.05) is 31.9 Å². The number of nitrogens with one attached hydrogen (secondary N) is 1. The molecule has 0 radical (unpaired) electrons. The van der Waals surface area contributed by atoms with Crippen molar-refractivity contribution in [3.05, 3.63) is 24.3 Å². The van der Waals surface area contributed by atoms with Gasteiger partial charge >= 0.3 is 6.03 Å². The average Bonchev–Trinajstić information content (AvgIpc) is 3.24. The zero-order chi connectivity index (χ0) is 16.9. The third-order valence-electron chi connectivity index (χ3n) is 4.36. The van der Waals surface area contributed by atoms with E-state index < -0.39 is 0 Å². The van der Waals surface area contributed by atoms with Crippen LogP contribution in [0.1, 0.15) is 12.8 Å². The topological polar surface area (TPSA) is 71.1 Å². The lowest BCUT2D eigenvalue weighted by Gasteiger charge is -2.19. The molecule has 24 heavy (non-hydrogen) atoms. The van der Waals surface area contributed by atoms with Crippen molar-refractivity contribution in [1.29, 1.82) is 0 Å². The van der Waals surface area contributed by atoms with Crippen molar-refractivity contribution < 1.29 is 19.1 Å². The van der Waals surface area contributed by atoms with Gasteiger partial charge in [0.2, 0.25) is 5.91 Å².